The predicted molar refractivity (Wildman–Crippen MR) is 48.2 cm³/mol. The molecule has 1 N–H and O–H groups in total. The van der Waals surface area contributed by atoms with Gasteiger partial charge in [-0.1, -0.05) is 12.1 Å². The average Bonchev–Trinajstić information content (AvgIpc) is 2.55. The smallest absolute Gasteiger partial charge is 0.450 e. The van der Waals surface area contributed by atoms with E-state index in [9.17, 15) is 18.0 Å². The Kier molecular flexibility index (Phi) is 2.11. The highest BCUT2D eigenvalue weighted by molar-refractivity contribution is 5.86. The Morgan fingerprint density at radius 3 is 2.50 bits per heavy atom. The molecule has 2 aromatic rings. The van der Waals surface area contributed by atoms with E-state index >= 15 is 0 Å². The van der Waals surface area contributed by atoms with Crippen LogP contribution in [0.15, 0.2) is 24.3 Å². The van der Waals surface area contributed by atoms with Crippen LogP contribution in [0.1, 0.15) is 5.82 Å². The molecule has 1 aromatic heterocycles. The van der Waals surface area contributed by atoms with Crippen LogP contribution in [0.2, 0.25) is 0 Å². The highest BCUT2D eigenvalue weighted by Gasteiger charge is 2.39. The van der Waals surface area contributed by atoms with Crippen molar-refractivity contribution in [3.05, 3.63) is 30.1 Å². The number of hydrogen-bond acceptors (Lipinski definition) is 2. The number of para-hydroxylation sites is 2. The van der Waals surface area contributed by atoms with Gasteiger partial charge in [0.05, 0.1) is 11.0 Å². The third-order valence-corrected chi connectivity index (χ3v) is 2.01. The Hall–Kier alpha value is -2.05. The maximum atomic E-state index is 12.5. The average molecular weight is 230 g/mol. The lowest BCUT2D eigenvalue weighted by Crippen LogP contribution is -2.19. The molecular weight excluding hydrogens is 225 g/mol. The summed E-state index contributed by atoms with van der Waals surface area (Å²) in [4.78, 5) is 14.0. The summed E-state index contributed by atoms with van der Waals surface area (Å²) in [5.41, 5.74) is -0.0837. The normalized spacial score (nSPS) is 11.9. The Labute approximate surface area is 86.9 Å². The SMILES string of the molecule is O=C(O)n1c(C(F)(F)F)nc2ccccc21. The van der Waals surface area contributed by atoms with Gasteiger partial charge in [0.15, 0.2) is 0 Å². The number of carboxylic acid groups (broad SMARTS) is 1. The number of rotatable bonds is 0. The first-order chi connectivity index (χ1) is 7.41. The number of nitrogens with zero attached hydrogens (tertiary/aromatic N) is 2. The summed E-state index contributed by atoms with van der Waals surface area (Å²) in [5.74, 6) is -1.43. The summed E-state index contributed by atoms with van der Waals surface area (Å²) in [6.07, 6.45) is -6.50. The number of alkyl halides is 3. The quantitative estimate of drug-likeness (QED) is 0.756. The summed E-state index contributed by atoms with van der Waals surface area (Å²) in [5, 5.41) is 8.74. The van der Waals surface area contributed by atoms with Crippen LogP contribution in [-0.4, -0.2) is 20.8 Å². The lowest BCUT2D eigenvalue weighted by molar-refractivity contribution is -0.146. The standard InChI is InChI=1S/C9H5F3N2O2/c10-9(11,12)7-13-5-3-1-2-4-6(5)14(7)8(15)16/h1-4H,(H,15,16). The van der Waals surface area contributed by atoms with E-state index in [-0.39, 0.29) is 15.6 Å². The van der Waals surface area contributed by atoms with Crippen molar-refractivity contribution in [2.24, 2.45) is 0 Å². The first-order valence-corrected chi connectivity index (χ1v) is 4.19. The van der Waals surface area contributed by atoms with Gasteiger partial charge in [0.25, 0.3) is 0 Å². The largest absolute Gasteiger partial charge is 0.464 e. The van der Waals surface area contributed by atoms with E-state index in [4.69, 9.17) is 5.11 Å². The molecule has 0 bridgehead atoms. The van der Waals surface area contributed by atoms with Crippen LogP contribution in [0.25, 0.3) is 11.0 Å². The van der Waals surface area contributed by atoms with E-state index in [1.54, 1.807) is 0 Å². The second kappa shape index (κ2) is 3.22. The molecule has 0 saturated heterocycles. The number of aromatic nitrogens is 2. The number of benzene rings is 1. The number of hydrogen-bond donors (Lipinski definition) is 1. The van der Waals surface area contributed by atoms with Crippen LogP contribution in [0, 0.1) is 0 Å². The van der Waals surface area contributed by atoms with E-state index in [1.165, 1.54) is 24.3 Å². The number of halogens is 3. The predicted octanol–water partition coefficient (Wildman–Crippen LogP) is 2.58. The minimum Gasteiger partial charge on any atom is -0.464 e. The number of fused-ring (bicyclic) bond motifs is 1. The minimum absolute atomic E-state index is 0.00257. The lowest BCUT2D eigenvalue weighted by Gasteiger charge is -2.05. The van der Waals surface area contributed by atoms with Crippen LogP contribution >= 0.6 is 0 Å². The molecule has 0 atom stereocenters. The van der Waals surface area contributed by atoms with E-state index in [0.717, 1.165) is 0 Å². The molecule has 16 heavy (non-hydrogen) atoms. The summed E-state index contributed by atoms with van der Waals surface area (Å²) in [7, 11) is 0. The molecule has 2 rings (SSSR count). The molecule has 0 unspecified atom stereocenters. The van der Waals surface area contributed by atoms with Gasteiger partial charge in [0.1, 0.15) is 0 Å². The second-order valence-electron chi connectivity index (χ2n) is 3.04. The molecule has 0 aliphatic carbocycles. The summed E-state index contributed by atoms with van der Waals surface area (Å²) >= 11 is 0. The number of imidazole rings is 1. The van der Waals surface area contributed by atoms with Gasteiger partial charge in [-0.3, -0.25) is 0 Å². The van der Waals surface area contributed by atoms with Crippen molar-refractivity contribution >= 4 is 17.1 Å². The molecule has 7 heteroatoms. The summed E-state index contributed by atoms with van der Waals surface area (Å²) in [6.45, 7) is 0. The van der Waals surface area contributed by atoms with E-state index in [1.807, 2.05) is 0 Å². The summed E-state index contributed by atoms with van der Waals surface area (Å²) < 4.78 is 37.6. The van der Waals surface area contributed by atoms with E-state index in [0.29, 0.717) is 0 Å². The molecule has 0 aliphatic rings. The molecule has 0 radical (unpaired) electrons. The van der Waals surface area contributed by atoms with Crippen molar-refractivity contribution < 1.29 is 23.1 Å². The Bertz CT molecular complexity index is 559. The van der Waals surface area contributed by atoms with Crippen molar-refractivity contribution in [2.75, 3.05) is 0 Å². The van der Waals surface area contributed by atoms with Crippen LogP contribution < -0.4 is 0 Å². The van der Waals surface area contributed by atoms with Crippen molar-refractivity contribution in [1.29, 1.82) is 0 Å². The molecule has 0 saturated carbocycles. The zero-order chi connectivity index (χ0) is 11.9. The maximum absolute atomic E-state index is 12.5. The fourth-order valence-corrected chi connectivity index (χ4v) is 1.41. The molecule has 0 fully saturated rings. The zero-order valence-electron chi connectivity index (χ0n) is 7.69. The van der Waals surface area contributed by atoms with Crippen LogP contribution in [0.3, 0.4) is 0 Å². The zero-order valence-corrected chi connectivity index (χ0v) is 7.69. The molecular formula is C9H5F3N2O2. The molecule has 0 spiro atoms. The Morgan fingerprint density at radius 1 is 1.31 bits per heavy atom. The monoisotopic (exact) mass is 230 g/mol. The van der Waals surface area contributed by atoms with Crippen LogP contribution in [-0.2, 0) is 6.18 Å². The molecule has 1 aromatic carbocycles. The lowest BCUT2D eigenvalue weighted by atomic mass is 10.3. The van der Waals surface area contributed by atoms with Crippen molar-refractivity contribution in [3.8, 4) is 0 Å². The first kappa shape index (κ1) is 10.5. The van der Waals surface area contributed by atoms with Gasteiger partial charge in [-0.05, 0) is 12.1 Å². The molecule has 4 nitrogen and oxygen atoms in total. The first-order valence-electron chi connectivity index (χ1n) is 4.19. The van der Waals surface area contributed by atoms with Crippen LogP contribution in [0.5, 0.6) is 0 Å². The van der Waals surface area contributed by atoms with Crippen molar-refractivity contribution in [3.63, 3.8) is 0 Å². The molecule has 1 heterocycles. The minimum atomic E-state index is -4.79. The van der Waals surface area contributed by atoms with Gasteiger partial charge in [0.2, 0.25) is 5.82 Å². The molecule has 0 aliphatic heterocycles. The Morgan fingerprint density at radius 2 is 1.94 bits per heavy atom. The highest BCUT2D eigenvalue weighted by Crippen LogP contribution is 2.31. The van der Waals surface area contributed by atoms with E-state index < -0.39 is 18.1 Å². The maximum Gasteiger partial charge on any atom is 0.450 e. The fourth-order valence-electron chi connectivity index (χ4n) is 1.41. The fraction of sp³-hybridized carbons (Fsp3) is 0.111. The van der Waals surface area contributed by atoms with E-state index in [2.05, 4.69) is 4.98 Å². The van der Waals surface area contributed by atoms with Crippen LogP contribution in [0.4, 0.5) is 18.0 Å². The second-order valence-corrected chi connectivity index (χ2v) is 3.04. The van der Waals surface area contributed by atoms with Gasteiger partial charge >= 0.3 is 12.3 Å². The van der Waals surface area contributed by atoms with Gasteiger partial charge < -0.3 is 5.11 Å². The summed E-state index contributed by atoms with van der Waals surface area (Å²) in [6, 6.07) is 5.53. The van der Waals surface area contributed by atoms with Gasteiger partial charge in [0, 0.05) is 0 Å². The van der Waals surface area contributed by atoms with Gasteiger partial charge in [-0.25, -0.2) is 14.3 Å². The highest BCUT2D eigenvalue weighted by atomic mass is 19.4. The van der Waals surface area contributed by atoms with Crippen molar-refractivity contribution in [1.82, 2.24) is 9.55 Å². The third kappa shape index (κ3) is 1.50. The number of carbonyl (C=O) groups is 1. The Balaban J connectivity index is 2.84. The molecule has 0 amide bonds. The van der Waals surface area contributed by atoms with Crippen molar-refractivity contribution in [2.45, 2.75) is 6.18 Å². The van der Waals surface area contributed by atoms with Gasteiger partial charge in [-0.15, -0.1) is 0 Å². The topological polar surface area (TPSA) is 55.1 Å². The third-order valence-electron chi connectivity index (χ3n) is 2.01. The van der Waals surface area contributed by atoms with Gasteiger partial charge in [-0.2, -0.15) is 13.2 Å². The molecule has 84 valence electrons.